The third-order valence-corrected chi connectivity index (χ3v) is 15.8. The van der Waals surface area contributed by atoms with Crippen molar-refractivity contribution in [1.82, 2.24) is 0 Å². The molecule has 0 saturated heterocycles. The zero-order chi connectivity index (χ0) is 48.3. The number of hydrogen-bond acceptors (Lipinski definition) is 0. The molecule has 2 aliphatic rings. The van der Waals surface area contributed by atoms with Crippen LogP contribution in [0, 0.1) is 0 Å². The van der Waals surface area contributed by atoms with Crippen LogP contribution in [0.3, 0.4) is 0 Å². The van der Waals surface area contributed by atoms with E-state index < -0.39 is 5.41 Å². The average Bonchev–Trinajstić information content (AvgIpc) is 3.78. The Hall–Kier alpha value is -9.10. The van der Waals surface area contributed by atoms with E-state index in [4.69, 9.17) is 0 Å². The topological polar surface area (TPSA) is 0 Å². The summed E-state index contributed by atoms with van der Waals surface area (Å²) in [6, 6.07) is 99.5. The molecular weight excluding hydrogens is 877 g/mol. The van der Waals surface area contributed by atoms with Crippen LogP contribution in [0.2, 0.25) is 0 Å². The molecule has 12 aromatic rings. The Morgan fingerprint density at radius 3 is 1.49 bits per heavy atom. The van der Waals surface area contributed by atoms with Crippen LogP contribution < -0.4 is 0 Å². The van der Waals surface area contributed by atoms with Gasteiger partial charge in [-0.15, -0.1) is 0 Å². The smallest absolute Gasteiger partial charge is 0.0714 e. The SMILES string of the molecule is C1=CC(c2cc(-c3ccccc3)cc(-c3ccccc3)c2)CC=C1c1c2ccccc2c(-c2ccc3c(c2)C(c2cccc(-c4ccccc4)c2)(c2ccc4ccccc4c2)c2ccccc2-3)c2ccccc12. The minimum Gasteiger partial charge on any atom is -0.0761 e. The fourth-order valence-electron chi connectivity index (χ4n) is 12.5. The highest BCUT2D eigenvalue weighted by Gasteiger charge is 2.46. The molecule has 0 amide bonds. The molecule has 0 saturated carbocycles. The van der Waals surface area contributed by atoms with Crippen LogP contribution in [0.4, 0.5) is 0 Å². The number of rotatable bonds is 8. The van der Waals surface area contributed by atoms with Gasteiger partial charge in [-0.3, -0.25) is 0 Å². The van der Waals surface area contributed by atoms with Gasteiger partial charge in [0.25, 0.3) is 0 Å². The lowest BCUT2D eigenvalue weighted by Crippen LogP contribution is -2.28. The first-order valence-electron chi connectivity index (χ1n) is 25.7. The molecule has 2 aliphatic carbocycles. The summed E-state index contributed by atoms with van der Waals surface area (Å²) < 4.78 is 0. The van der Waals surface area contributed by atoms with E-state index >= 15 is 0 Å². The lowest BCUT2D eigenvalue weighted by Gasteiger charge is -2.35. The van der Waals surface area contributed by atoms with Gasteiger partial charge in [-0.2, -0.15) is 0 Å². The maximum absolute atomic E-state index is 2.55. The lowest BCUT2D eigenvalue weighted by atomic mass is 9.66. The molecule has 0 fully saturated rings. The summed E-state index contributed by atoms with van der Waals surface area (Å²) in [6.07, 6.45) is 8.25. The van der Waals surface area contributed by atoms with E-state index in [-0.39, 0.29) is 5.92 Å². The first-order valence-corrected chi connectivity index (χ1v) is 25.7. The summed E-state index contributed by atoms with van der Waals surface area (Å²) in [6.45, 7) is 0. The van der Waals surface area contributed by atoms with E-state index in [1.807, 2.05) is 0 Å². The van der Waals surface area contributed by atoms with Gasteiger partial charge < -0.3 is 0 Å². The van der Waals surface area contributed by atoms with Crippen LogP contribution in [0.15, 0.2) is 285 Å². The molecule has 12 aromatic carbocycles. The third kappa shape index (κ3) is 7.13. The zero-order valence-corrected chi connectivity index (χ0v) is 40.4. The molecule has 73 heavy (non-hydrogen) atoms. The summed E-state index contributed by atoms with van der Waals surface area (Å²) in [7, 11) is 0. The molecule has 0 aliphatic heterocycles. The van der Waals surface area contributed by atoms with E-state index in [1.165, 1.54) is 127 Å². The molecule has 2 unspecified atom stereocenters. The molecule has 0 radical (unpaired) electrons. The molecule has 0 heterocycles. The summed E-state index contributed by atoms with van der Waals surface area (Å²) >= 11 is 0. The molecular formula is C73H50. The Morgan fingerprint density at radius 2 is 0.849 bits per heavy atom. The first kappa shape index (κ1) is 42.8. The van der Waals surface area contributed by atoms with Crippen LogP contribution >= 0.6 is 0 Å². The number of allylic oxidation sites excluding steroid dienone is 4. The number of fused-ring (bicyclic) bond motifs is 6. The Bertz CT molecular complexity index is 4040. The van der Waals surface area contributed by atoms with Crippen LogP contribution in [0.25, 0.3) is 93.5 Å². The Balaban J connectivity index is 0.936. The largest absolute Gasteiger partial charge is 0.0761 e. The molecule has 0 N–H and O–H groups in total. The molecule has 0 aromatic heterocycles. The normalized spacial score (nSPS) is 15.8. The van der Waals surface area contributed by atoms with Crippen molar-refractivity contribution in [2.75, 3.05) is 0 Å². The zero-order valence-electron chi connectivity index (χ0n) is 40.4. The first-order chi connectivity index (χ1) is 36.2. The Morgan fingerprint density at radius 1 is 0.315 bits per heavy atom. The molecule has 0 spiro atoms. The quantitative estimate of drug-likeness (QED) is 0.133. The van der Waals surface area contributed by atoms with Gasteiger partial charge in [-0.1, -0.05) is 261 Å². The van der Waals surface area contributed by atoms with Crippen LogP contribution in [0.1, 0.15) is 45.7 Å². The van der Waals surface area contributed by atoms with Gasteiger partial charge in [-0.25, -0.2) is 0 Å². The predicted molar refractivity (Wildman–Crippen MR) is 309 cm³/mol. The maximum Gasteiger partial charge on any atom is 0.0714 e. The summed E-state index contributed by atoms with van der Waals surface area (Å²) in [5.41, 5.74) is 20.9. The Labute approximate surface area is 427 Å². The number of benzene rings is 12. The molecule has 2 atom stereocenters. The highest BCUT2D eigenvalue weighted by Crippen LogP contribution is 2.58. The van der Waals surface area contributed by atoms with Crippen molar-refractivity contribution in [2.24, 2.45) is 0 Å². The molecule has 0 heteroatoms. The lowest BCUT2D eigenvalue weighted by molar-refractivity contribution is 0.770. The summed E-state index contributed by atoms with van der Waals surface area (Å²) in [4.78, 5) is 0. The van der Waals surface area contributed by atoms with Crippen molar-refractivity contribution in [1.29, 1.82) is 0 Å². The van der Waals surface area contributed by atoms with Gasteiger partial charge in [-0.05, 0) is 158 Å². The highest BCUT2D eigenvalue weighted by atomic mass is 14.5. The van der Waals surface area contributed by atoms with Crippen LogP contribution in [-0.2, 0) is 5.41 Å². The second kappa shape index (κ2) is 17.6. The molecule has 14 rings (SSSR count). The molecule has 342 valence electrons. The Kier molecular flexibility index (Phi) is 10.3. The second-order valence-electron chi connectivity index (χ2n) is 19.8. The van der Waals surface area contributed by atoms with E-state index in [0.29, 0.717) is 0 Å². The minimum atomic E-state index is -0.598. The van der Waals surface area contributed by atoms with E-state index in [9.17, 15) is 0 Å². The average molecular weight is 927 g/mol. The maximum atomic E-state index is 2.55. The van der Waals surface area contributed by atoms with Crippen molar-refractivity contribution in [3.8, 4) is 55.6 Å². The van der Waals surface area contributed by atoms with Gasteiger partial charge in [0.15, 0.2) is 0 Å². The van der Waals surface area contributed by atoms with E-state index in [0.717, 1.165) is 6.42 Å². The van der Waals surface area contributed by atoms with Crippen LogP contribution in [-0.4, -0.2) is 0 Å². The van der Waals surface area contributed by atoms with Gasteiger partial charge in [0.2, 0.25) is 0 Å². The van der Waals surface area contributed by atoms with Crippen LogP contribution in [0.5, 0.6) is 0 Å². The predicted octanol–water partition coefficient (Wildman–Crippen LogP) is 19.3. The highest BCUT2D eigenvalue weighted by molar-refractivity contribution is 6.19. The minimum absolute atomic E-state index is 0.249. The fraction of sp³-hybridized carbons (Fsp3) is 0.0411. The van der Waals surface area contributed by atoms with Crippen molar-refractivity contribution in [3.63, 3.8) is 0 Å². The molecule has 0 bridgehead atoms. The van der Waals surface area contributed by atoms with Gasteiger partial charge >= 0.3 is 0 Å². The summed E-state index contributed by atoms with van der Waals surface area (Å²) in [5.74, 6) is 0.249. The van der Waals surface area contributed by atoms with Crippen molar-refractivity contribution in [3.05, 3.63) is 319 Å². The third-order valence-electron chi connectivity index (χ3n) is 15.8. The summed E-state index contributed by atoms with van der Waals surface area (Å²) in [5, 5.41) is 7.53. The second-order valence-corrected chi connectivity index (χ2v) is 19.8. The van der Waals surface area contributed by atoms with E-state index in [2.05, 4.69) is 285 Å². The standard InChI is InChI=1S/C73H50/c1-4-19-49(20-5-1)56-27-18-28-61(46-56)73(62-41-39-52-25-10-11-26-55(52)47-62)69-34-17-16-29-63(69)64-42-40-57(48-70(64)73)72-67-32-14-12-30-65(67)71(66-31-13-15-33-68(66)72)54-37-35-53(36-38-54)60-44-58(50-21-6-2-7-22-50)43-59(45-60)51-23-8-3-9-24-51/h1-35,37-48,53H,36H2. The van der Waals surface area contributed by atoms with Crippen molar-refractivity contribution < 1.29 is 0 Å². The van der Waals surface area contributed by atoms with Gasteiger partial charge in [0, 0.05) is 5.92 Å². The number of hydrogen-bond donors (Lipinski definition) is 0. The van der Waals surface area contributed by atoms with Crippen molar-refractivity contribution in [2.45, 2.75) is 17.8 Å². The van der Waals surface area contributed by atoms with Gasteiger partial charge in [0.1, 0.15) is 0 Å². The monoisotopic (exact) mass is 926 g/mol. The fourth-order valence-corrected chi connectivity index (χ4v) is 12.5. The van der Waals surface area contributed by atoms with E-state index in [1.54, 1.807) is 0 Å². The molecule has 0 nitrogen and oxygen atoms in total. The van der Waals surface area contributed by atoms with Crippen molar-refractivity contribution >= 4 is 37.9 Å². The van der Waals surface area contributed by atoms with Gasteiger partial charge in [0.05, 0.1) is 5.41 Å².